The van der Waals surface area contributed by atoms with Gasteiger partial charge >= 0.3 is 0 Å². The number of nitrogens with zero attached hydrogens (tertiary/aromatic N) is 3. The van der Waals surface area contributed by atoms with E-state index >= 15 is 0 Å². The highest BCUT2D eigenvalue weighted by Crippen LogP contribution is 2.43. The van der Waals surface area contributed by atoms with Crippen molar-refractivity contribution in [1.82, 2.24) is 9.97 Å². The van der Waals surface area contributed by atoms with E-state index in [2.05, 4.69) is 36.5 Å². The number of carbonyl (C=O) groups excluding carboxylic acids is 2. The van der Waals surface area contributed by atoms with Gasteiger partial charge in [-0.3, -0.25) is 14.9 Å². The van der Waals surface area contributed by atoms with Crippen molar-refractivity contribution < 1.29 is 23.8 Å². The topological polar surface area (TPSA) is 115 Å². The molecule has 1 aromatic carbocycles. The summed E-state index contributed by atoms with van der Waals surface area (Å²) in [4.78, 5) is 37.5. The van der Waals surface area contributed by atoms with Crippen molar-refractivity contribution in [2.45, 2.75) is 48.1 Å². The van der Waals surface area contributed by atoms with E-state index in [1.54, 1.807) is 21.3 Å². The number of hydrogen-bond donors (Lipinski definition) is 2. The summed E-state index contributed by atoms with van der Waals surface area (Å²) < 4.78 is 17.3. The molecule has 2 amide bonds. The third-order valence-corrected chi connectivity index (χ3v) is 7.78. The number of amides is 2. The molecule has 0 radical (unpaired) electrons. The van der Waals surface area contributed by atoms with Crippen molar-refractivity contribution in [2.75, 3.05) is 43.9 Å². The van der Waals surface area contributed by atoms with E-state index in [1.807, 2.05) is 65.6 Å². The van der Waals surface area contributed by atoms with Gasteiger partial charge in [-0.15, -0.1) is 11.3 Å². The fourth-order valence-electron chi connectivity index (χ4n) is 3.52. The molecule has 2 aromatic heterocycles. The summed E-state index contributed by atoms with van der Waals surface area (Å²) in [7, 11) is 6.63. The molecular formula is C27H36BrN5O5S. The molecule has 0 fully saturated rings. The number of methoxy groups -OCH3 is 3. The van der Waals surface area contributed by atoms with Gasteiger partial charge in [0.15, 0.2) is 11.5 Å². The Morgan fingerprint density at radius 2 is 1.46 bits per heavy atom. The van der Waals surface area contributed by atoms with Gasteiger partial charge in [0.2, 0.25) is 23.5 Å². The van der Waals surface area contributed by atoms with Crippen LogP contribution >= 0.6 is 27.3 Å². The summed E-state index contributed by atoms with van der Waals surface area (Å²) in [6, 6.07) is 3.73. The normalized spacial score (nSPS) is 11.8. The molecule has 3 aromatic rings. The molecule has 12 heteroatoms. The molecule has 0 aliphatic carbocycles. The third kappa shape index (κ3) is 6.73. The number of ether oxygens (including phenoxy) is 3. The number of anilines is 3. The average Bonchev–Trinajstić information content (AvgIpc) is 3.16. The molecule has 212 valence electrons. The number of nitrogens with one attached hydrogen (secondary N) is 2. The number of hydrogen-bond acceptors (Lipinski definition) is 9. The first-order valence-corrected chi connectivity index (χ1v) is 13.8. The van der Waals surface area contributed by atoms with Crippen LogP contribution in [-0.2, 0) is 16.1 Å². The highest BCUT2D eigenvalue weighted by molar-refractivity contribution is 9.11. The molecule has 0 aliphatic rings. The van der Waals surface area contributed by atoms with Gasteiger partial charge < -0.3 is 24.4 Å². The van der Waals surface area contributed by atoms with Gasteiger partial charge in [0.1, 0.15) is 10.6 Å². The second kappa shape index (κ2) is 11.5. The fourth-order valence-corrected chi connectivity index (χ4v) is 5.22. The van der Waals surface area contributed by atoms with Crippen molar-refractivity contribution in [3.63, 3.8) is 0 Å². The molecule has 10 nitrogen and oxygen atoms in total. The maximum absolute atomic E-state index is 13.0. The lowest BCUT2D eigenvalue weighted by atomic mass is 9.95. The second-order valence-corrected chi connectivity index (χ2v) is 13.4. The number of halogens is 1. The molecule has 39 heavy (non-hydrogen) atoms. The van der Waals surface area contributed by atoms with Crippen LogP contribution in [-0.4, -0.2) is 50.2 Å². The van der Waals surface area contributed by atoms with Crippen molar-refractivity contribution in [3.8, 4) is 17.2 Å². The summed E-state index contributed by atoms with van der Waals surface area (Å²) in [5.74, 6) is 1.60. The van der Waals surface area contributed by atoms with Gasteiger partial charge in [0.25, 0.3) is 0 Å². The molecular weight excluding hydrogens is 586 g/mol. The Bertz CT molecular complexity index is 1370. The molecule has 3 rings (SSSR count). The fraction of sp³-hybridized carbons (Fsp3) is 0.481. The quantitative estimate of drug-likeness (QED) is 0.311. The minimum atomic E-state index is -0.660. The predicted molar refractivity (Wildman–Crippen MR) is 159 cm³/mol. The van der Waals surface area contributed by atoms with Crippen LogP contribution in [0.3, 0.4) is 0 Å². The van der Waals surface area contributed by atoms with E-state index in [0.29, 0.717) is 39.8 Å². The smallest absolute Gasteiger partial charge is 0.232 e. The molecule has 2 N–H and O–H groups in total. The van der Waals surface area contributed by atoms with Crippen molar-refractivity contribution in [1.29, 1.82) is 0 Å². The Hall–Kier alpha value is -3.12. The van der Waals surface area contributed by atoms with E-state index in [9.17, 15) is 9.59 Å². The van der Waals surface area contributed by atoms with E-state index in [0.717, 1.165) is 15.0 Å². The molecule has 0 bridgehead atoms. The number of rotatable bonds is 8. The molecule has 0 saturated carbocycles. The largest absolute Gasteiger partial charge is 0.493 e. The van der Waals surface area contributed by atoms with Crippen LogP contribution in [0.25, 0.3) is 10.2 Å². The summed E-state index contributed by atoms with van der Waals surface area (Å²) in [6.07, 6.45) is 0. The minimum absolute atomic E-state index is 0.130. The van der Waals surface area contributed by atoms with Gasteiger partial charge in [-0.05, 0) is 15.9 Å². The second-order valence-electron chi connectivity index (χ2n) is 11.1. The van der Waals surface area contributed by atoms with E-state index in [4.69, 9.17) is 14.2 Å². The Labute approximate surface area is 241 Å². The van der Waals surface area contributed by atoms with Gasteiger partial charge in [-0.25, -0.2) is 4.98 Å². The first kappa shape index (κ1) is 30.4. The molecule has 0 spiro atoms. The van der Waals surface area contributed by atoms with Crippen LogP contribution in [0.15, 0.2) is 15.9 Å². The van der Waals surface area contributed by atoms with Gasteiger partial charge in [-0.2, -0.15) is 4.98 Å². The zero-order valence-corrected chi connectivity index (χ0v) is 26.4. The SMILES string of the molecule is COc1cc(N(C)Cc2c(Br)sc3nc(NC(=O)C(C)(C)C)nc(NC(=O)C(C)(C)C)c23)cc(OC)c1OC. The predicted octanol–water partition coefficient (Wildman–Crippen LogP) is 6.09. The number of aromatic nitrogens is 2. The van der Waals surface area contributed by atoms with Crippen LogP contribution in [0, 0.1) is 10.8 Å². The van der Waals surface area contributed by atoms with E-state index < -0.39 is 10.8 Å². The standard InChI is InChI=1S/C27H36BrN5O5S/c1-26(2,3)23(34)29-21-18-15(13-33(7)14-11-16(36-8)19(38-10)17(12-14)37-9)20(28)39-22(18)31-25(30-21)32-24(35)27(4,5)6/h11-12H,13H2,1-10H3,(H2,29,30,31,32,34,35). The average molecular weight is 623 g/mol. The van der Waals surface area contributed by atoms with Crippen LogP contribution in [0.1, 0.15) is 47.1 Å². The number of benzene rings is 1. The third-order valence-electron chi connectivity index (χ3n) is 5.91. The molecule has 0 saturated heterocycles. The van der Waals surface area contributed by atoms with E-state index in [1.165, 1.54) is 11.3 Å². The first-order chi connectivity index (χ1) is 18.1. The summed E-state index contributed by atoms with van der Waals surface area (Å²) >= 11 is 5.09. The maximum atomic E-state index is 13.0. The first-order valence-electron chi connectivity index (χ1n) is 12.2. The monoisotopic (exact) mass is 621 g/mol. The van der Waals surface area contributed by atoms with Gasteiger partial charge in [0.05, 0.1) is 30.5 Å². The Morgan fingerprint density at radius 3 is 1.95 bits per heavy atom. The summed E-state index contributed by atoms with van der Waals surface area (Å²) in [6.45, 7) is 11.3. The van der Waals surface area contributed by atoms with Gasteiger partial charge in [0, 0.05) is 47.8 Å². The highest BCUT2D eigenvalue weighted by atomic mass is 79.9. The minimum Gasteiger partial charge on any atom is -0.493 e. The van der Waals surface area contributed by atoms with Gasteiger partial charge in [-0.1, -0.05) is 41.5 Å². The Kier molecular flexibility index (Phi) is 9.01. The van der Waals surface area contributed by atoms with Crippen molar-refractivity contribution >= 4 is 66.8 Å². The lowest BCUT2D eigenvalue weighted by molar-refractivity contribution is -0.123. The maximum Gasteiger partial charge on any atom is 0.232 e. The number of carbonyl (C=O) groups is 2. The number of thiophene rings is 1. The molecule has 2 heterocycles. The Morgan fingerprint density at radius 1 is 0.923 bits per heavy atom. The van der Waals surface area contributed by atoms with E-state index in [-0.39, 0.29) is 17.8 Å². The van der Waals surface area contributed by atoms with Crippen molar-refractivity contribution in [2.24, 2.45) is 10.8 Å². The molecule has 0 aliphatic heterocycles. The highest BCUT2D eigenvalue weighted by Gasteiger charge is 2.28. The lowest BCUT2D eigenvalue weighted by Crippen LogP contribution is -2.30. The van der Waals surface area contributed by atoms with Crippen LogP contribution < -0.4 is 29.7 Å². The molecule has 0 atom stereocenters. The summed E-state index contributed by atoms with van der Waals surface area (Å²) in [5.41, 5.74) is 0.402. The zero-order chi connectivity index (χ0) is 29.3. The Balaban J connectivity index is 2.12. The zero-order valence-electron chi connectivity index (χ0n) is 24.0. The lowest BCUT2D eigenvalue weighted by Gasteiger charge is -2.23. The van der Waals surface area contributed by atoms with Crippen LogP contribution in [0.5, 0.6) is 17.2 Å². The van der Waals surface area contributed by atoms with Crippen molar-refractivity contribution in [3.05, 3.63) is 21.5 Å². The van der Waals surface area contributed by atoms with Crippen LogP contribution in [0.2, 0.25) is 0 Å². The summed E-state index contributed by atoms with van der Waals surface area (Å²) in [5, 5.41) is 6.44. The molecule has 0 unspecified atom stereocenters. The van der Waals surface area contributed by atoms with Crippen LogP contribution in [0.4, 0.5) is 17.5 Å². The number of fused-ring (bicyclic) bond motifs is 1.